The summed E-state index contributed by atoms with van der Waals surface area (Å²) in [5.41, 5.74) is 3.36. The number of thiophene rings is 1. The van der Waals surface area contributed by atoms with E-state index in [0.717, 1.165) is 28.6 Å². The Kier molecular flexibility index (Phi) is 2.96. The van der Waals surface area contributed by atoms with Crippen LogP contribution in [0.25, 0.3) is 0 Å². The molecule has 2 heterocycles. The van der Waals surface area contributed by atoms with E-state index in [4.69, 9.17) is 16.3 Å². The highest BCUT2D eigenvalue weighted by Crippen LogP contribution is 2.40. The molecule has 2 aromatic rings. The first-order chi connectivity index (χ1) is 8.65. The second-order valence-electron chi connectivity index (χ2n) is 4.55. The highest BCUT2D eigenvalue weighted by atomic mass is 35.5. The van der Waals surface area contributed by atoms with Crippen LogP contribution in [0.2, 0.25) is 5.02 Å². The first-order valence-electron chi connectivity index (χ1n) is 5.90. The summed E-state index contributed by atoms with van der Waals surface area (Å²) in [6.45, 7) is 4.93. The second-order valence-corrected chi connectivity index (χ2v) is 5.94. The zero-order valence-electron chi connectivity index (χ0n) is 10.3. The van der Waals surface area contributed by atoms with Crippen LogP contribution in [0.15, 0.2) is 23.6 Å². The minimum absolute atomic E-state index is 0.0948. The van der Waals surface area contributed by atoms with Gasteiger partial charge >= 0.3 is 0 Å². The van der Waals surface area contributed by atoms with E-state index in [1.807, 2.05) is 19.1 Å². The fourth-order valence-corrected chi connectivity index (χ4v) is 3.49. The number of hydrogen-bond acceptors (Lipinski definition) is 3. The summed E-state index contributed by atoms with van der Waals surface area (Å²) >= 11 is 7.80. The fraction of sp³-hybridized carbons (Fsp3) is 0.286. The maximum Gasteiger partial charge on any atom is 0.150 e. The van der Waals surface area contributed by atoms with Gasteiger partial charge in [0.2, 0.25) is 0 Å². The average molecular weight is 280 g/mol. The van der Waals surface area contributed by atoms with Crippen molar-refractivity contribution in [2.45, 2.75) is 20.0 Å². The third-order valence-corrected chi connectivity index (χ3v) is 4.50. The van der Waals surface area contributed by atoms with Crippen LogP contribution < -0.4 is 10.1 Å². The van der Waals surface area contributed by atoms with Gasteiger partial charge in [-0.05, 0) is 48.6 Å². The van der Waals surface area contributed by atoms with Gasteiger partial charge in [0, 0.05) is 9.90 Å². The molecule has 0 fully saturated rings. The first kappa shape index (κ1) is 11.9. The summed E-state index contributed by atoms with van der Waals surface area (Å²) < 4.78 is 6.13. The number of benzene rings is 1. The van der Waals surface area contributed by atoms with Crippen LogP contribution in [0.4, 0.5) is 5.69 Å². The lowest BCUT2D eigenvalue weighted by Crippen LogP contribution is -2.23. The van der Waals surface area contributed by atoms with Gasteiger partial charge in [0.15, 0.2) is 6.10 Å². The number of anilines is 1. The molecule has 0 spiro atoms. The summed E-state index contributed by atoms with van der Waals surface area (Å²) in [5, 5.41) is 6.26. The number of ether oxygens (including phenoxy) is 1. The lowest BCUT2D eigenvalue weighted by molar-refractivity contribution is 0.212. The van der Waals surface area contributed by atoms with Gasteiger partial charge < -0.3 is 10.1 Å². The van der Waals surface area contributed by atoms with Crippen molar-refractivity contribution in [2.24, 2.45) is 0 Å². The van der Waals surface area contributed by atoms with E-state index < -0.39 is 0 Å². The average Bonchev–Trinajstić information content (AvgIpc) is 2.75. The van der Waals surface area contributed by atoms with Crippen LogP contribution in [-0.2, 0) is 0 Å². The van der Waals surface area contributed by atoms with E-state index in [1.54, 1.807) is 11.3 Å². The van der Waals surface area contributed by atoms with Crippen molar-refractivity contribution >= 4 is 28.6 Å². The number of rotatable bonds is 1. The molecule has 1 N–H and O–H groups in total. The molecule has 0 radical (unpaired) electrons. The lowest BCUT2D eigenvalue weighted by Gasteiger charge is -2.28. The van der Waals surface area contributed by atoms with Crippen molar-refractivity contribution in [1.29, 1.82) is 0 Å². The highest BCUT2D eigenvalue weighted by Gasteiger charge is 2.24. The molecule has 3 rings (SSSR count). The molecule has 0 bridgehead atoms. The quantitative estimate of drug-likeness (QED) is 0.826. The highest BCUT2D eigenvalue weighted by molar-refractivity contribution is 7.10. The fourth-order valence-electron chi connectivity index (χ4n) is 2.26. The summed E-state index contributed by atoms with van der Waals surface area (Å²) in [6, 6.07) is 5.99. The van der Waals surface area contributed by atoms with Crippen LogP contribution in [0, 0.1) is 13.8 Å². The third-order valence-electron chi connectivity index (χ3n) is 3.17. The standard InChI is InChI=1S/C14H14ClNOS/c1-8-3-4-18-14(8)12-7-16-11-6-10(15)5-9(2)13(11)17-12/h3-6,12,16H,7H2,1-2H3. The molecule has 1 aromatic carbocycles. The molecular formula is C14H14ClNOS. The van der Waals surface area contributed by atoms with Gasteiger partial charge in [-0.15, -0.1) is 11.3 Å². The van der Waals surface area contributed by atoms with Crippen molar-refractivity contribution in [3.05, 3.63) is 44.6 Å². The van der Waals surface area contributed by atoms with Gasteiger partial charge in [-0.2, -0.15) is 0 Å². The number of nitrogens with one attached hydrogen (secondary N) is 1. The molecule has 2 nitrogen and oxygen atoms in total. The monoisotopic (exact) mass is 279 g/mol. The Morgan fingerprint density at radius 3 is 2.89 bits per heavy atom. The van der Waals surface area contributed by atoms with Crippen LogP contribution in [-0.4, -0.2) is 6.54 Å². The van der Waals surface area contributed by atoms with Crippen LogP contribution in [0.3, 0.4) is 0 Å². The molecule has 0 amide bonds. The topological polar surface area (TPSA) is 21.3 Å². The van der Waals surface area contributed by atoms with Crippen molar-refractivity contribution in [3.8, 4) is 5.75 Å². The maximum atomic E-state index is 6.13. The molecule has 0 aliphatic carbocycles. The number of fused-ring (bicyclic) bond motifs is 1. The Hall–Kier alpha value is -1.19. The zero-order valence-corrected chi connectivity index (χ0v) is 11.9. The molecular weight excluding hydrogens is 266 g/mol. The molecule has 1 atom stereocenters. The van der Waals surface area contributed by atoms with Gasteiger partial charge in [0.05, 0.1) is 12.2 Å². The summed E-state index contributed by atoms with van der Waals surface area (Å²) in [5.74, 6) is 0.920. The Labute approximate surface area is 116 Å². The van der Waals surface area contributed by atoms with Crippen LogP contribution in [0.5, 0.6) is 5.75 Å². The van der Waals surface area contributed by atoms with Gasteiger partial charge in [-0.25, -0.2) is 0 Å². The molecule has 1 aromatic heterocycles. The Morgan fingerprint density at radius 2 is 2.17 bits per heavy atom. The normalized spacial score (nSPS) is 17.8. The number of hydrogen-bond donors (Lipinski definition) is 1. The van der Waals surface area contributed by atoms with E-state index in [1.165, 1.54) is 10.4 Å². The van der Waals surface area contributed by atoms with Gasteiger partial charge in [0.1, 0.15) is 5.75 Å². The molecule has 0 saturated carbocycles. The minimum Gasteiger partial charge on any atom is -0.481 e. The Balaban J connectivity index is 1.96. The largest absolute Gasteiger partial charge is 0.481 e. The SMILES string of the molecule is Cc1ccsc1C1CNc2cc(Cl)cc(C)c2O1. The molecule has 1 unspecified atom stereocenters. The summed E-state index contributed by atoms with van der Waals surface area (Å²) in [4.78, 5) is 1.29. The van der Waals surface area contributed by atoms with E-state index in [0.29, 0.717) is 0 Å². The molecule has 1 aliphatic rings. The number of halogens is 1. The second kappa shape index (κ2) is 4.48. The Bertz CT molecular complexity index is 593. The van der Waals surface area contributed by atoms with Crippen molar-refractivity contribution in [2.75, 3.05) is 11.9 Å². The van der Waals surface area contributed by atoms with Crippen LogP contribution >= 0.6 is 22.9 Å². The lowest BCUT2D eigenvalue weighted by atomic mass is 10.1. The molecule has 4 heteroatoms. The molecule has 1 aliphatic heterocycles. The van der Waals surface area contributed by atoms with Crippen molar-refractivity contribution in [3.63, 3.8) is 0 Å². The first-order valence-corrected chi connectivity index (χ1v) is 7.15. The summed E-state index contributed by atoms with van der Waals surface area (Å²) in [6.07, 6.45) is 0.0948. The van der Waals surface area contributed by atoms with Gasteiger partial charge in [-0.3, -0.25) is 0 Å². The number of aryl methyl sites for hydroxylation is 2. The molecule has 94 valence electrons. The third kappa shape index (κ3) is 1.98. The maximum absolute atomic E-state index is 6.13. The van der Waals surface area contributed by atoms with Gasteiger partial charge in [-0.1, -0.05) is 11.6 Å². The predicted molar refractivity (Wildman–Crippen MR) is 77.1 cm³/mol. The predicted octanol–water partition coefficient (Wildman–Crippen LogP) is 4.56. The van der Waals surface area contributed by atoms with E-state index >= 15 is 0 Å². The van der Waals surface area contributed by atoms with E-state index in [9.17, 15) is 0 Å². The molecule has 18 heavy (non-hydrogen) atoms. The zero-order chi connectivity index (χ0) is 12.7. The molecule has 0 saturated heterocycles. The Morgan fingerprint density at radius 1 is 1.33 bits per heavy atom. The minimum atomic E-state index is 0.0948. The smallest absolute Gasteiger partial charge is 0.150 e. The van der Waals surface area contributed by atoms with E-state index in [2.05, 4.69) is 23.7 Å². The van der Waals surface area contributed by atoms with Crippen LogP contribution in [0.1, 0.15) is 22.1 Å². The van der Waals surface area contributed by atoms with Gasteiger partial charge in [0.25, 0.3) is 0 Å². The van der Waals surface area contributed by atoms with Crippen molar-refractivity contribution in [1.82, 2.24) is 0 Å². The van der Waals surface area contributed by atoms with Crippen molar-refractivity contribution < 1.29 is 4.74 Å². The van der Waals surface area contributed by atoms with E-state index in [-0.39, 0.29) is 6.10 Å². The summed E-state index contributed by atoms with van der Waals surface area (Å²) in [7, 11) is 0.